The molecule has 2 heterocycles. The smallest absolute Gasteiger partial charge is 0.250 e. The van der Waals surface area contributed by atoms with Gasteiger partial charge in [-0.05, 0) is 31.2 Å². The number of carbonyl (C=O) groups excluding carboxylic acids is 1. The Balaban J connectivity index is 1.29. The predicted molar refractivity (Wildman–Crippen MR) is 153 cm³/mol. The minimum absolute atomic E-state index is 0.0983. The van der Waals surface area contributed by atoms with E-state index in [-0.39, 0.29) is 17.4 Å². The molecule has 2 aromatic heterocycles. The topological polar surface area (TPSA) is 97.3 Å². The molecule has 9 heteroatoms. The second-order valence-electron chi connectivity index (χ2n) is 9.02. The van der Waals surface area contributed by atoms with Gasteiger partial charge in [0.25, 0.3) is 5.91 Å². The van der Waals surface area contributed by atoms with Gasteiger partial charge in [0.05, 0.1) is 12.0 Å². The summed E-state index contributed by atoms with van der Waals surface area (Å²) in [5.41, 5.74) is 6.37. The number of hydrogen-bond acceptors (Lipinski definition) is 6. The summed E-state index contributed by atoms with van der Waals surface area (Å²) in [5.74, 6) is 0.786. The number of nitrogens with zero attached hydrogens (tertiary/aromatic N) is 5. The highest BCUT2D eigenvalue weighted by Gasteiger charge is 2.16. The lowest BCUT2D eigenvalue weighted by molar-refractivity contribution is -0.118. The van der Waals surface area contributed by atoms with Crippen LogP contribution in [0.4, 0.5) is 0 Å². The van der Waals surface area contributed by atoms with Crippen molar-refractivity contribution in [1.82, 2.24) is 24.8 Å². The van der Waals surface area contributed by atoms with E-state index in [1.54, 1.807) is 24.3 Å². The lowest BCUT2D eigenvalue weighted by Crippen LogP contribution is -2.20. The van der Waals surface area contributed by atoms with Gasteiger partial charge < -0.3 is 14.2 Å². The quantitative estimate of drug-likeness (QED) is 0.114. The molecule has 5 aromatic rings. The average molecular weight is 525 g/mol. The molecule has 0 atom stereocenters. The second-order valence-corrected chi connectivity index (χ2v) is 9.96. The van der Waals surface area contributed by atoms with Crippen molar-refractivity contribution in [3.05, 3.63) is 96.3 Å². The van der Waals surface area contributed by atoms with E-state index in [4.69, 9.17) is 0 Å². The second kappa shape index (κ2) is 11.4. The molecule has 3 aromatic carbocycles. The first-order chi connectivity index (χ1) is 18.5. The molecule has 0 aliphatic carbocycles. The zero-order valence-corrected chi connectivity index (χ0v) is 21.9. The molecule has 0 radical (unpaired) electrons. The maximum absolute atomic E-state index is 12.4. The Labute approximate surface area is 224 Å². The number of aryl methyl sites for hydroxylation is 2. The summed E-state index contributed by atoms with van der Waals surface area (Å²) in [6, 6.07) is 23.7. The van der Waals surface area contributed by atoms with Gasteiger partial charge in [-0.15, -0.1) is 10.2 Å². The summed E-state index contributed by atoms with van der Waals surface area (Å²) in [6.07, 6.45) is 2.09. The number of aromatic hydroxyl groups is 1. The number of para-hydroxylation sites is 3. The van der Waals surface area contributed by atoms with Crippen LogP contribution in [0.1, 0.15) is 18.3 Å². The highest BCUT2D eigenvalue weighted by atomic mass is 32.2. The van der Waals surface area contributed by atoms with Crippen LogP contribution in [-0.4, -0.2) is 42.3 Å². The zero-order valence-electron chi connectivity index (χ0n) is 21.0. The van der Waals surface area contributed by atoms with Crippen LogP contribution in [0, 0.1) is 0 Å². The largest absolute Gasteiger partial charge is 0.507 e. The van der Waals surface area contributed by atoms with Gasteiger partial charge in [-0.2, -0.15) is 5.10 Å². The first-order valence-corrected chi connectivity index (χ1v) is 13.2. The predicted octanol–water partition coefficient (Wildman–Crippen LogP) is 5.15. The molecule has 8 nitrogen and oxygen atoms in total. The number of carbonyl (C=O) groups is 1. The summed E-state index contributed by atoms with van der Waals surface area (Å²) >= 11 is 1.30. The lowest BCUT2D eigenvalue weighted by atomic mass is 10.2. The molecule has 0 saturated heterocycles. The van der Waals surface area contributed by atoms with E-state index in [0.717, 1.165) is 17.9 Å². The van der Waals surface area contributed by atoms with Crippen molar-refractivity contribution in [2.24, 2.45) is 5.10 Å². The van der Waals surface area contributed by atoms with Crippen LogP contribution in [0.3, 0.4) is 0 Å². The molecule has 0 fully saturated rings. The van der Waals surface area contributed by atoms with Crippen molar-refractivity contribution >= 4 is 45.7 Å². The van der Waals surface area contributed by atoms with E-state index in [2.05, 4.69) is 80.4 Å². The minimum atomic E-state index is -0.279. The van der Waals surface area contributed by atoms with Crippen LogP contribution in [0.2, 0.25) is 0 Å². The van der Waals surface area contributed by atoms with Crippen LogP contribution in [0.5, 0.6) is 5.75 Å². The minimum Gasteiger partial charge on any atom is -0.507 e. The van der Waals surface area contributed by atoms with Crippen molar-refractivity contribution in [2.75, 3.05) is 5.75 Å². The van der Waals surface area contributed by atoms with Crippen molar-refractivity contribution < 1.29 is 9.90 Å². The standard InChI is InChI=1S/C29H28N6O2S/c1-20(2)18-35-27(15-16-34-24-12-6-4-10-22(24)23-11-5-7-13-25(23)34)31-33-29(35)38-19-28(37)32-30-17-21-9-3-8-14-26(21)36/h3-14,17,36H,1,15-16,18-19H2,2H3,(H,32,37)/b30-17-. The third-order valence-electron chi connectivity index (χ3n) is 6.12. The SMILES string of the molecule is C=C(C)Cn1c(CCn2c3ccccc3c3ccccc32)nnc1SCC(=O)N/N=C\c1ccccc1O. The van der Waals surface area contributed by atoms with Gasteiger partial charge in [0.2, 0.25) is 0 Å². The number of thioether (sulfide) groups is 1. The van der Waals surface area contributed by atoms with Gasteiger partial charge in [0.15, 0.2) is 5.16 Å². The van der Waals surface area contributed by atoms with Gasteiger partial charge in [-0.1, -0.05) is 72.4 Å². The van der Waals surface area contributed by atoms with Crippen molar-refractivity contribution in [3.63, 3.8) is 0 Å². The van der Waals surface area contributed by atoms with Crippen molar-refractivity contribution in [1.29, 1.82) is 0 Å². The van der Waals surface area contributed by atoms with Gasteiger partial charge in [0.1, 0.15) is 11.6 Å². The summed E-state index contributed by atoms with van der Waals surface area (Å²) in [7, 11) is 0. The van der Waals surface area contributed by atoms with Crippen LogP contribution in [0.15, 0.2) is 95.2 Å². The zero-order chi connectivity index (χ0) is 26.5. The fraction of sp³-hybridized carbons (Fsp3) is 0.172. The van der Waals surface area contributed by atoms with Gasteiger partial charge >= 0.3 is 0 Å². The monoisotopic (exact) mass is 524 g/mol. The fourth-order valence-corrected chi connectivity index (χ4v) is 5.18. The molecule has 0 saturated carbocycles. The molecule has 0 aliphatic rings. The third kappa shape index (κ3) is 5.47. The molecule has 1 amide bonds. The highest BCUT2D eigenvalue weighted by Crippen LogP contribution is 2.29. The van der Waals surface area contributed by atoms with E-state index < -0.39 is 0 Å². The number of phenols is 1. The lowest BCUT2D eigenvalue weighted by Gasteiger charge is -2.11. The molecule has 0 bridgehead atoms. The Bertz CT molecular complexity index is 1600. The van der Waals surface area contributed by atoms with E-state index >= 15 is 0 Å². The maximum atomic E-state index is 12.4. The van der Waals surface area contributed by atoms with Crippen LogP contribution >= 0.6 is 11.8 Å². The summed E-state index contributed by atoms with van der Waals surface area (Å²) < 4.78 is 4.35. The molecular formula is C29H28N6O2S. The Morgan fingerprint density at radius 1 is 1.00 bits per heavy atom. The number of phenolic OH excluding ortho intramolecular Hbond substituents is 1. The van der Waals surface area contributed by atoms with Crippen LogP contribution < -0.4 is 5.43 Å². The molecular weight excluding hydrogens is 496 g/mol. The van der Waals surface area contributed by atoms with Gasteiger partial charge in [0, 0.05) is 46.9 Å². The van der Waals surface area contributed by atoms with Crippen LogP contribution in [-0.2, 0) is 24.3 Å². The Hall–Kier alpha value is -4.37. The summed E-state index contributed by atoms with van der Waals surface area (Å²) in [6.45, 7) is 7.35. The summed E-state index contributed by atoms with van der Waals surface area (Å²) in [4.78, 5) is 12.4. The number of nitrogens with one attached hydrogen (secondary N) is 1. The van der Waals surface area contributed by atoms with Gasteiger partial charge in [-0.3, -0.25) is 4.79 Å². The number of benzene rings is 3. The Morgan fingerprint density at radius 3 is 2.34 bits per heavy atom. The summed E-state index contributed by atoms with van der Waals surface area (Å²) in [5, 5.41) is 25.7. The molecule has 0 aliphatic heterocycles. The van der Waals surface area contributed by atoms with E-state index in [1.807, 2.05) is 11.5 Å². The van der Waals surface area contributed by atoms with E-state index in [1.165, 1.54) is 39.8 Å². The number of fused-ring (bicyclic) bond motifs is 3. The first kappa shape index (κ1) is 25.3. The molecule has 38 heavy (non-hydrogen) atoms. The van der Waals surface area contributed by atoms with Crippen molar-refractivity contribution in [3.8, 4) is 5.75 Å². The average Bonchev–Trinajstić information content (AvgIpc) is 3.45. The molecule has 5 rings (SSSR count). The Morgan fingerprint density at radius 2 is 1.66 bits per heavy atom. The molecule has 192 valence electrons. The number of rotatable bonds is 10. The fourth-order valence-electron chi connectivity index (χ4n) is 4.43. The molecule has 0 spiro atoms. The maximum Gasteiger partial charge on any atom is 0.250 e. The highest BCUT2D eigenvalue weighted by molar-refractivity contribution is 7.99. The molecule has 2 N–H and O–H groups in total. The number of allylic oxidation sites excluding steroid dienone is 1. The van der Waals surface area contributed by atoms with E-state index in [9.17, 15) is 9.90 Å². The number of hydrogen-bond donors (Lipinski definition) is 2. The Kier molecular flexibility index (Phi) is 7.55. The third-order valence-corrected chi connectivity index (χ3v) is 7.09. The number of amides is 1. The van der Waals surface area contributed by atoms with Crippen LogP contribution in [0.25, 0.3) is 21.8 Å². The normalized spacial score (nSPS) is 11.5. The van der Waals surface area contributed by atoms with E-state index in [0.29, 0.717) is 23.7 Å². The number of hydrazone groups is 1. The van der Waals surface area contributed by atoms with Gasteiger partial charge in [-0.25, -0.2) is 5.43 Å². The first-order valence-electron chi connectivity index (χ1n) is 12.3. The molecule has 0 unspecified atom stereocenters. The number of aromatic nitrogens is 4. The van der Waals surface area contributed by atoms with Crippen molar-refractivity contribution in [2.45, 2.75) is 31.6 Å².